The summed E-state index contributed by atoms with van der Waals surface area (Å²) in [4.78, 5) is 31.9. The molecule has 1 amide bonds. The molecular formula is C27H32F3N7O5S2. The minimum Gasteiger partial charge on any atom is -0.480 e. The second-order valence-corrected chi connectivity index (χ2v) is 14.2. The molecular weight excluding hydrogens is 623 g/mol. The topological polar surface area (TPSA) is 130 Å². The highest BCUT2D eigenvalue weighted by Crippen LogP contribution is 2.40. The lowest BCUT2D eigenvalue weighted by Crippen LogP contribution is -2.52. The van der Waals surface area contributed by atoms with Crippen molar-refractivity contribution in [1.82, 2.24) is 24.8 Å². The Balaban J connectivity index is 1.37. The number of pyridine rings is 1. The molecule has 1 N–H and O–H groups in total. The van der Waals surface area contributed by atoms with Gasteiger partial charge >= 0.3 is 12.1 Å². The molecule has 238 valence electrons. The van der Waals surface area contributed by atoms with Gasteiger partial charge in [0.15, 0.2) is 0 Å². The molecule has 3 aromatic rings. The summed E-state index contributed by atoms with van der Waals surface area (Å²) in [7, 11) is -2.17. The van der Waals surface area contributed by atoms with Crippen LogP contribution in [0.4, 0.5) is 24.8 Å². The van der Waals surface area contributed by atoms with E-state index < -0.39 is 27.4 Å². The summed E-state index contributed by atoms with van der Waals surface area (Å²) in [5.74, 6) is -1.18. The first-order chi connectivity index (χ1) is 20.9. The van der Waals surface area contributed by atoms with Crippen molar-refractivity contribution in [3.8, 4) is 17.1 Å². The maximum absolute atomic E-state index is 12.9. The number of carbonyl (C=O) groups is 1. The van der Waals surface area contributed by atoms with Crippen LogP contribution in [0.5, 0.6) is 5.88 Å². The molecule has 0 aromatic carbocycles. The van der Waals surface area contributed by atoms with E-state index in [2.05, 4.69) is 9.71 Å². The number of amides is 1. The number of aromatic nitrogens is 3. The maximum atomic E-state index is 12.9. The number of hydrogen-bond acceptors (Lipinski definition) is 11. The lowest BCUT2D eigenvalue weighted by Gasteiger charge is -2.35. The third-order valence-electron chi connectivity index (χ3n) is 7.93. The van der Waals surface area contributed by atoms with Gasteiger partial charge in [0.05, 0.1) is 41.5 Å². The van der Waals surface area contributed by atoms with E-state index in [0.29, 0.717) is 81.5 Å². The summed E-state index contributed by atoms with van der Waals surface area (Å²) in [6, 6.07) is 1.67. The van der Waals surface area contributed by atoms with Gasteiger partial charge in [-0.05, 0) is 25.8 Å². The summed E-state index contributed by atoms with van der Waals surface area (Å²) in [6.07, 6.45) is -2.10. The zero-order valence-corrected chi connectivity index (χ0v) is 25.8. The number of alkyl halides is 3. The highest BCUT2D eigenvalue weighted by Gasteiger charge is 2.43. The van der Waals surface area contributed by atoms with Crippen LogP contribution in [-0.2, 0) is 26.1 Å². The molecule has 3 aromatic heterocycles. The van der Waals surface area contributed by atoms with Crippen LogP contribution < -0.4 is 14.4 Å². The van der Waals surface area contributed by atoms with E-state index in [-0.39, 0.29) is 24.7 Å². The van der Waals surface area contributed by atoms with Gasteiger partial charge in [-0.1, -0.05) is 0 Å². The molecule has 0 bridgehead atoms. The number of methoxy groups -OCH3 is 1. The van der Waals surface area contributed by atoms with E-state index in [1.54, 1.807) is 12.3 Å². The van der Waals surface area contributed by atoms with Crippen LogP contribution in [0, 0.1) is 6.92 Å². The standard InChI is InChI=1S/C27H32F3N7O5S2/c1-16-19(15-35-5-7-36(8-6-35)25(38)27(28,29)30)22-23(43-16)21(32-26(33-22)37-9-11-42-12-10-37)17-13-20(24(41-2)31-14-17)34-44(39,40)18-3-4-18/h13-14,18,34H,3-12,15H2,1-2H3. The van der Waals surface area contributed by atoms with Crippen molar-refractivity contribution in [3.05, 3.63) is 22.7 Å². The third kappa shape index (κ3) is 6.27. The zero-order chi connectivity index (χ0) is 31.2. The molecule has 2 saturated heterocycles. The number of piperazine rings is 1. The summed E-state index contributed by atoms with van der Waals surface area (Å²) in [5, 5.41) is -0.439. The van der Waals surface area contributed by atoms with Crippen LogP contribution in [-0.4, -0.2) is 110 Å². The molecule has 0 atom stereocenters. The summed E-state index contributed by atoms with van der Waals surface area (Å²) in [5.41, 5.74) is 3.02. The van der Waals surface area contributed by atoms with Gasteiger partial charge in [0.2, 0.25) is 21.9 Å². The van der Waals surface area contributed by atoms with Gasteiger partial charge in [-0.25, -0.2) is 23.4 Å². The van der Waals surface area contributed by atoms with Crippen molar-refractivity contribution >= 4 is 49.1 Å². The van der Waals surface area contributed by atoms with E-state index in [1.807, 2.05) is 16.7 Å². The number of fused-ring (bicyclic) bond motifs is 1. The van der Waals surface area contributed by atoms with Gasteiger partial charge in [-0.15, -0.1) is 11.3 Å². The van der Waals surface area contributed by atoms with Crippen LogP contribution in [0.2, 0.25) is 0 Å². The smallest absolute Gasteiger partial charge is 0.471 e. The average Bonchev–Trinajstić information content (AvgIpc) is 3.82. The Morgan fingerprint density at radius 3 is 2.48 bits per heavy atom. The molecule has 0 spiro atoms. The maximum Gasteiger partial charge on any atom is 0.471 e. The van der Waals surface area contributed by atoms with Crippen LogP contribution in [0.25, 0.3) is 21.5 Å². The number of hydrogen-bond donors (Lipinski definition) is 1. The largest absolute Gasteiger partial charge is 0.480 e. The molecule has 3 fully saturated rings. The number of morpholine rings is 1. The van der Waals surface area contributed by atoms with Gasteiger partial charge in [0.25, 0.3) is 0 Å². The number of anilines is 2. The van der Waals surface area contributed by atoms with Crippen molar-refractivity contribution in [2.75, 3.05) is 69.2 Å². The van der Waals surface area contributed by atoms with Crippen molar-refractivity contribution in [2.45, 2.75) is 37.7 Å². The summed E-state index contributed by atoms with van der Waals surface area (Å²) in [6.45, 7) is 5.16. The molecule has 44 heavy (non-hydrogen) atoms. The summed E-state index contributed by atoms with van der Waals surface area (Å²) >= 11 is 1.49. The van der Waals surface area contributed by atoms with E-state index in [0.717, 1.165) is 20.0 Å². The van der Waals surface area contributed by atoms with Gasteiger partial charge in [0.1, 0.15) is 5.69 Å². The Kier molecular flexibility index (Phi) is 8.32. The van der Waals surface area contributed by atoms with Crippen molar-refractivity contribution in [2.24, 2.45) is 0 Å². The fourth-order valence-corrected chi connectivity index (χ4v) is 7.84. The number of carbonyl (C=O) groups excluding carboxylic acids is 1. The van der Waals surface area contributed by atoms with Crippen molar-refractivity contribution in [3.63, 3.8) is 0 Å². The molecule has 1 saturated carbocycles. The fourth-order valence-electron chi connectivity index (χ4n) is 5.35. The van der Waals surface area contributed by atoms with E-state index in [1.165, 1.54) is 18.4 Å². The van der Waals surface area contributed by atoms with Gasteiger partial charge in [0, 0.05) is 68.0 Å². The van der Waals surface area contributed by atoms with Gasteiger partial charge in [-0.3, -0.25) is 14.4 Å². The Bertz CT molecular complexity index is 1670. The number of nitrogens with zero attached hydrogens (tertiary/aromatic N) is 6. The lowest BCUT2D eigenvalue weighted by molar-refractivity contribution is -0.187. The van der Waals surface area contributed by atoms with Crippen LogP contribution in [0.3, 0.4) is 0 Å². The fraction of sp³-hybridized carbons (Fsp3) is 0.556. The Hall–Kier alpha value is -3.28. The SMILES string of the molecule is COc1ncc(-c2nc(N3CCOCC3)nc3c(CN4CCN(C(=O)C(F)(F)F)CC4)c(C)sc23)cc1NS(=O)(=O)C1CC1. The predicted molar refractivity (Wildman–Crippen MR) is 158 cm³/mol. The highest BCUT2D eigenvalue weighted by molar-refractivity contribution is 7.93. The van der Waals surface area contributed by atoms with Crippen LogP contribution >= 0.6 is 11.3 Å². The number of aryl methyl sites for hydroxylation is 1. The number of sulfonamides is 1. The average molecular weight is 656 g/mol. The summed E-state index contributed by atoms with van der Waals surface area (Å²) < 4.78 is 78.7. The minimum absolute atomic E-state index is 0.0181. The van der Waals surface area contributed by atoms with Crippen molar-refractivity contribution < 1.29 is 35.9 Å². The monoisotopic (exact) mass is 655 g/mol. The first kappa shape index (κ1) is 30.7. The Labute approximate surface area is 256 Å². The number of rotatable bonds is 8. The normalized spacial score (nSPS) is 18.6. The van der Waals surface area contributed by atoms with Gasteiger partial charge in [-0.2, -0.15) is 13.2 Å². The second kappa shape index (κ2) is 11.9. The lowest BCUT2D eigenvalue weighted by atomic mass is 10.1. The Morgan fingerprint density at radius 1 is 1.14 bits per heavy atom. The van der Waals surface area contributed by atoms with E-state index >= 15 is 0 Å². The number of nitrogens with one attached hydrogen (secondary N) is 1. The molecule has 17 heteroatoms. The Morgan fingerprint density at radius 2 is 1.84 bits per heavy atom. The highest BCUT2D eigenvalue weighted by atomic mass is 32.2. The molecule has 3 aliphatic rings. The quantitative estimate of drug-likeness (QED) is 0.387. The number of ether oxygens (including phenoxy) is 2. The molecule has 5 heterocycles. The second-order valence-electron chi connectivity index (χ2n) is 11.0. The minimum atomic E-state index is -4.89. The number of halogens is 3. The van der Waals surface area contributed by atoms with Gasteiger partial charge < -0.3 is 19.3 Å². The molecule has 1 aliphatic carbocycles. The third-order valence-corrected chi connectivity index (χ3v) is 10.9. The van der Waals surface area contributed by atoms with Crippen molar-refractivity contribution in [1.29, 1.82) is 0 Å². The molecule has 6 rings (SSSR count). The molecule has 0 radical (unpaired) electrons. The van der Waals surface area contributed by atoms with Crippen LogP contribution in [0.15, 0.2) is 12.3 Å². The first-order valence-electron chi connectivity index (χ1n) is 14.2. The molecule has 0 unspecified atom stereocenters. The number of thiophene rings is 1. The van der Waals surface area contributed by atoms with E-state index in [9.17, 15) is 26.4 Å². The zero-order valence-electron chi connectivity index (χ0n) is 24.2. The first-order valence-corrected chi connectivity index (χ1v) is 16.6. The van der Waals surface area contributed by atoms with E-state index in [4.69, 9.17) is 19.4 Å². The molecule has 12 nitrogen and oxygen atoms in total. The molecule has 2 aliphatic heterocycles. The predicted octanol–water partition coefficient (Wildman–Crippen LogP) is 3.02. The van der Waals surface area contributed by atoms with Crippen LogP contribution in [0.1, 0.15) is 23.3 Å².